The third kappa shape index (κ3) is 5.52. The molecular weight excluding hydrogens is 370 g/mol. The second-order valence-corrected chi connectivity index (χ2v) is 5.98. The van der Waals surface area contributed by atoms with Crippen LogP contribution in [0.5, 0.6) is 0 Å². The normalized spacial score (nSPS) is 9.83. The quantitative estimate of drug-likeness (QED) is 0.800. The van der Waals surface area contributed by atoms with E-state index in [1.54, 1.807) is 24.3 Å². The first-order valence-corrected chi connectivity index (χ1v) is 8.13. The third-order valence-electron chi connectivity index (χ3n) is 3.25. The number of carbonyl (C=O) groups excluding carboxylic acids is 2. The van der Waals surface area contributed by atoms with E-state index >= 15 is 0 Å². The highest BCUT2D eigenvalue weighted by molar-refractivity contribution is 9.10. The molecule has 2 aromatic carbocycles. The van der Waals surface area contributed by atoms with Crippen molar-refractivity contribution in [1.82, 2.24) is 5.32 Å². The summed E-state index contributed by atoms with van der Waals surface area (Å²) in [6.45, 7) is 0.366. The van der Waals surface area contributed by atoms with Gasteiger partial charge in [0.05, 0.1) is 12.5 Å². The van der Waals surface area contributed by atoms with Crippen LogP contribution in [-0.4, -0.2) is 11.8 Å². The lowest BCUT2D eigenvalue weighted by Gasteiger charge is -2.09. The van der Waals surface area contributed by atoms with E-state index in [4.69, 9.17) is 5.26 Å². The predicted molar refractivity (Wildman–Crippen MR) is 95.0 cm³/mol. The Bertz CT molecular complexity index is 784. The molecule has 2 N–H and O–H groups in total. The van der Waals surface area contributed by atoms with Gasteiger partial charge in [-0.25, -0.2) is 0 Å². The van der Waals surface area contributed by atoms with E-state index in [1.165, 1.54) is 0 Å². The summed E-state index contributed by atoms with van der Waals surface area (Å²) in [5.41, 5.74) is 2.39. The van der Waals surface area contributed by atoms with Gasteiger partial charge in [-0.05, 0) is 29.3 Å². The highest BCUT2D eigenvalue weighted by Gasteiger charge is 2.07. The van der Waals surface area contributed by atoms with E-state index in [0.717, 1.165) is 15.6 Å². The SMILES string of the molecule is N#CCC(=O)Nc1cccc(CNC(=O)Cc2ccccc2Br)c1. The maximum absolute atomic E-state index is 12.0. The number of hydrogen-bond acceptors (Lipinski definition) is 3. The van der Waals surface area contributed by atoms with Gasteiger partial charge in [0.2, 0.25) is 11.8 Å². The van der Waals surface area contributed by atoms with Crippen LogP contribution in [0.3, 0.4) is 0 Å². The van der Waals surface area contributed by atoms with Crippen LogP contribution in [0.25, 0.3) is 0 Å². The summed E-state index contributed by atoms with van der Waals surface area (Å²) in [6.07, 6.45) is 0.104. The van der Waals surface area contributed by atoms with Gasteiger partial charge < -0.3 is 10.6 Å². The van der Waals surface area contributed by atoms with Gasteiger partial charge >= 0.3 is 0 Å². The number of carbonyl (C=O) groups is 2. The minimum atomic E-state index is -0.354. The molecule has 0 aliphatic rings. The number of amides is 2. The Hall–Kier alpha value is -2.65. The molecule has 2 amide bonds. The number of hydrogen-bond donors (Lipinski definition) is 2. The van der Waals surface area contributed by atoms with Crippen molar-refractivity contribution in [3.8, 4) is 6.07 Å². The summed E-state index contributed by atoms with van der Waals surface area (Å²) in [5.74, 6) is -0.437. The number of nitrogens with one attached hydrogen (secondary N) is 2. The smallest absolute Gasteiger partial charge is 0.238 e. The van der Waals surface area contributed by atoms with Gasteiger partial charge in [-0.15, -0.1) is 0 Å². The Morgan fingerprint density at radius 3 is 2.62 bits per heavy atom. The van der Waals surface area contributed by atoms with Crippen molar-refractivity contribution < 1.29 is 9.59 Å². The molecule has 0 radical (unpaired) electrons. The molecule has 6 heteroatoms. The third-order valence-corrected chi connectivity index (χ3v) is 4.02. The van der Waals surface area contributed by atoms with Gasteiger partial charge in [-0.1, -0.05) is 46.3 Å². The van der Waals surface area contributed by atoms with Crippen molar-refractivity contribution in [1.29, 1.82) is 5.26 Å². The topological polar surface area (TPSA) is 82.0 Å². The molecule has 2 rings (SSSR count). The molecule has 0 bridgehead atoms. The lowest BCUT2D eigenvalue weighted by atomic mass is 10.1. The van der Waals surface area contributed by atoms with Crippen molar-refractivity contribution in [3.05, 3.63) is 64.1 Å². The monoisotopic (exact) mass is 385 g/mol. The molecule has 0 heterocycles. The van der Waals surface area contributed by atoms with Crippen molar-refractivity contribution in [2.45, 2.75) is 19.4 Å². The van der Waals surface area contributed by atoms with Crippen LogP contribution in [0.1, 0.15) is 17.5 Å². The van der Waals surface area contributed by atoms with Gasteiger partial charge in [-0.2, -0.15) is 5.26 Å². The van der Waals surface area contributed by atoms with Crippen LogP contribution in [-0.2, 0) is 22.6 Å². The molecule has 2 aromatic rings. The van der Waals surface area contributed by atoms with Crippen molar-refractivity contribution in [2.24, 2.45) is 0 Å². The molecule has 0 aromatic heterocycles. The lowest BCUT2D eigenvalue weighted by Crippen LogP contribution is -2.24. The van der Waals surface area contributed by atoms with Gasteiger partial charge in [0.15, 0.2) is 0 Å². The molecule has 24 heavy (non-hydrogen) atoms. The first-order chi connectivity index (χ1) is 11.6. The zero-order valence-corrected chi connectivity index (χ0v) is 14.5. The minimum Gasteiger partial charge on any atom is -0.352 e. The Balaban J connectivity index is 1.90. The zero-order valence-electron chi connectivity index (χ0n) is 12.9. The van der Waals surface area contributed by atoms with Crippen LogP contribution in [0.4, 0.5) is 5.69 Å². The summed E-state index contributed by atoms with van der Waals surface area (Å²) >= 11 is 3.42. The Morgan fingerprint density at radius 2 is 1.88 bits per heavy atom. The average molecular weight is 386 g/mol. The van der Waals surface area contributed by atoms with Crippen molar-refractivity contribution in [2.75, 3.05) is 5.32 Å². The molecular formula is C18H16BrN3O2. The van der Waals surface area contributed by atoms with Crippen LogP contribution in [0, 0.1) is 11.3 Å². The first-order valence-electron chi connectivity index (χ1n) is 7.34. The van der Waals surface area contributed by atoms with Gasteiger partial charge in [0.25, 0.3) is 0 Å². The fourth-order valence-electron chi connectivity index (χ4n) is 2.11. The maximum Gasteiger partial charge on any atom is 0.238 e. The van der Waals surface area contributed by atoms with Crippen LogP contribution < -0.4 is 10.6 Å². The summed E-state index contributed by atoms with van der Waals surface area (Å²) in [5, 5.41) is 14.0. The van der Waals surface area contributed by atoms with Crippen LogP contribution in [0.15, 0.2) is 53.0 Å². The number of anilines is 1. The summed E-state index contributed by atoms with van der Waals surface area (Å²) < 4.78 is 0.905. The van der Waals surface area contributed by atoms with E-state index in [9.17, 15) is 9.59 Å². The molecule has 0 saturated heterocycles. The molecule has 0 aliphatic heterocycles. The minimum absolute atomic E-state index is 0.0826. The van der Waals surface area contributed by atoms with Crippen LogP contribution in [0.2, 0.25) is 0 Å². The molecule has 122 valence electrons. The zero-order chi connectivity index (χ0) is 17.4. The highest BCUT2D eigenvalue weighted by Crippen LogP contribution is 2.16. The molecule has 0 atom stereocenters. The molecule has 5 nitrogen and oxygen atoms in total. The van der Waals surface area contributed by atoms with E-state index in [0.29, 0.717) is 18.7 Å². The Labute approximate surface area is 148 Å². The second-order valence-electron chi connectivity index (χ2n) is 5.13. The van der Waals surface area contributed by atoms with E-state index in [1.807, 2.05) is 30.3 Å². The molecule has 0 aliphatic carbocycles. The standard InChI is InChI=1S/C18H16BrN3O2/c19-16-7-2-1-5-14(16)11-18(24)21-12-13-4-3-6-15(10-13)22-17(23)8-9-20/h1-7,10H,8,11-12H2,(H,21,24)(H,22,23). The van der Waals surface area contributed by atoms with Crippen LogP contribution >= 0.6 is 15.9 Å². The summed E-state index contributed by atoms with van der Waals surface area (Å²) in [6, 6.07) is 16.5. The van der Waals surface area contributed by atoms with E-state index < -0.39 is 0 Å². The van der Waals surface area contributed by atoms with Crippen molar-refractivity contribution >= 4 is 33.4 Å². The molecule has 0 fully saturated rings. The van der Waals surface area contributed by atoms with Gasteiger partial charge in [-0.3, -0.25) is 9.59 Å². The second kappa shape index (κ2) is 8.85. The van der Waals surface area contributed by atoms with Gasteiger partial charge in [0.1, 0.15) is 6.42 Å². The van der Waals surface area contributed by atoms with Crippen molar-refractivity contribution in [3.63, 3.8) is 0 Å². The molecule has 0 saturated carbocycles. The lowest BCUT2D eigenvalue weighted by molar-refractivity contribution is -0.120. The Kier molecular flexibility index (Phi) is 6.52. The number of benzene rings is 2. The Morgan fingerprint density at radius 1 is 1.08 bits per heavy atom. The first kappa shape index (κ1) is 17.7. The number of nitriles is 1. The molecule has 0 spiro atoms. The van der Waals surface area contributed by atoms with Gasteiger partial charge in [0, 0.05) is 16.7 Å². The van der Waals surface area contributed by atoms with E-state index in [2.05, 4.69) is 26.6 Å². The summed E-state index contributed by atoms with van der Waals surface area (Å²) in [7, 11) is 0. The highest BCUT2D eigenvalue weighted by atomic mass is 79.9. The summed E-state index contributed by atoms with van der Waals surface area (Å²) in [4.78, 5) is 23.5. The fraction of sp³-hybridized carbons (Fsp3) is 0.167. The predicted octanol–water partition coefficient (Wildman–Crippen LogP) is 3.16. The largest absolute Gasteiger partial charge is 0.352 e. The number of rotatable bonds is 6. The molecule has 0 unspecified atom stereocenters. The number of halogens is 1. The maximum atomic E-state index is 12.0. The average Bonchev–Trinajstić information content (AvgIpc) is 2.56. The van der Waals surface area contributed by atoms with E-state index in [-0.39, 0.29) is 18.2 Å². The fourth-order valence-corrected chi connectivity index (χ4v) is 2.54. The number of nitrogens with zero attached hydrogens (tertiary/aromatic N) is 1.